The summed E-state index contributed by atoms with van der Waals surface area (Å²) in [5.41, 5.74) is 1.90. The van der Waals surface area contributed by atoms with Gasteiger partial charge in [-0.25, -0.2) is 0 Å². The van der Waals surface area contributed by atoms with Gasteiger partial charge < -0.3 is 0 Å². The van der Waals surface area contributed by atoms with E-state index in [1.807, 2.05) is 5.57 Å². The third kappa shape index (κ3) is 32.9. The molecule has 0 heterocycles. The van der Waals surface area contributed by atoms with Gasteiger partial charge in [0.2, 0.25) is 0 Å². The van der Waals surface area contributed by atoms with Crippen LogP contribution in [-0.2, 0) is 0 Å². The normalized spacial score (nSPS) is 12.2. The summed E-state index contributed by atoms with van der Waals surface area (Å²) in [6, 6.07) is 0. The average molecular weight is 603 g/mol. The monoisotopic (exact) mass is 603 g/mol. The van der Waals surface area contributed by atoms with Gasteiger partial charge in [-0.3, -0.25) is 0 Å². The van der Waals surface area contributed by atoms with Gasteiger partial charge in [-0.1, -0.05) is 232 Å². The van der Waals surface area contributed by atoms with Crippen molar-refractivity contribution in [3.63, 3.8) is 0 Å². The van der Waals surface area contributed by atoms with Gasteiger partial charge in [-0.15, -0.1) is 0 Å². The minimum Gasteiger partial charge on any atom is -0.0851 e. The third-order valence-corrected chi connectivity index (χ3v) is 10.1. The first-order valence-corrected chi connectivity index (χ1v) is 21.0. The molecule has 0 heteroatoms. The van der Waals surface area contributed by atoms with E-state index >= 15 is 0 Å². The zero-order valence-corrected chi connectivity index (χ0v) is 31.1. The summed E-state index contributed by atoms with van der Waals surface area (Å²) < 4.78 is 0. The molecule has 0 aromatic heterocycles. The minimum atomic E-state index is 0.888. The molecule has 0 N–H and O–H groups in total. The quantitative estimate of drug-likeness (QED) is 0.0490. The molecule has 0 unspecified atom stereocenters. The van der Waals surface area contributed by atoms with E-state index in [9.17, 15) is 0 Å². The van der Waals surface area contributed by atoms with Crippen LogP contribution in [0.1, 0.15) is 259 Å². The van der Waals surface area contributed by atoms with E-state index in [-0.39, 0.29) is 0 Å². The first kappa shape index (κ1) is 42.7. The van der Waals surface area contributed by atoms with Gasteiger partial charge in [0.05, 0.1) is 0 Å². The van der Waals surface area contributed by atoms with Crippen LogP contribution in [0.25, 0.3) is 0 Å². The van der Waals surface area contributed by atoms with E-state index in [4.69, 9.17) is 0 Å². The van der Waals surface area contributed by atoms with Crippen molar-refractivity contribution in [1.29, 1.82) is 0 Å². The molecular weight excluding hydrogens is 516 g/mol. The van der Waals surface area contributed by atoms with Crippen molar-refractivity contribution < 1.29 is 0 Å². The molecule has 0 atom stereocenters. The van der Waals surface area contributed by atoms with E-state index in [1.54, 1.807) is 0 Å². The Morgan fingerprint density at radius 2 is 0.605 bits per heavy atom. The van der Waals surface area contributed by atoms with E-state index in [1.165, 1.54) is 231 Å². The average Bonchev–Trinajstić information content (AvgIpc) is 3.02. The van der Waals surface area contributed by atoms with Crippen molar-refractivity contribution in [3.05, 3.63) is 11.6 Å². The van der Waals surface area contributed by atoms with Crippen LogP contribution in [0.3, 0.4) is 0 Å². The standard InChI is InChI=1S/C43H86/c1-5-9-13-17-21-25-29-33-37-41-43(40-36-32-28-24-20-16-12-8-4)42(38-34-30-26-22-18-14-10-6-2)39-35-31-27-23-19-15-11-7-3/h41-42H,5-40H2,1-4H3/b43-41-. The first-order chi connectivity index (χ1) is 21.3. The lowest BCUT2D eigenvalue weighted by atomic mass is 9.84. The Morgan fingerprint density at radius 1 is 0.326 bits per heavy atom. The molecule has 0 aliphatic rings. The number of rotatable bonds is 37. The smallest absolute Gasteiger partial charge is 0.0203 e. The molecule has 0 fully saturated rings. The number of allylic oxidation sites excluding steroid dienone is 2. The van der Waals surface area contributed by atoms with Crippen LogP contribution >= 0.6 is 0 Å². The fraction of sp³-hybridized carbons (Fsp3) is 0.953. The second-order valence-electron chi connectivity index (χ2n) is 14.5. The van der Waals surface area contributed by atoms with Gasteiger partial charge in [0.25, 0.3) is 0 Å². The van der Waals surface area contributed by atoms with E-state index in [2.05, 4.69) is 33.8 Å². The van der Waals surface area contributed by atoms with E-state index in [0.29, 0.717) is 0 Å². The maximum Gasteiger partial charge on any atom is -0.0203 e. The first-order valence-electron chi connectivity index (χ1n) is 21.0. The lowest BCUT2D eigenvalue weighted by Gasteiger charge is -2.22. The highest BCUT2D eigenvalue weighted by atomic mass is 14.2. The van der Waals surface area contributed by atoms with Crippen LogP contribution in [0, 0.1) is 5.92 Å². The molecule has 43 heavy (non-hydrogen) atoms. The van der Waals surface area contributed by atoms with Crippen molar-refractivity contribution in [3.8, 4) is 0 Å². The SMILES string of the molecule is CCCCCCCCCC/C=C(/CCCCCCCCCC)C(CCCCCCCCCC)CCCCCCCCCC. The Kier molecular flexibility index (Phi) is 37.7. The van der Waals surface area contributed by atoms with Crippen LogP contribution in [0.15, 0.2) is 11.6 Å². The van der Waals surface area contributed by atoms with E-state index in [0.717, 1.165) is 5.92 Å². The second kappa shape index (κ2) is 37.9. The van der Waals surface area contributed by atoms with Crippen molar-refractivity contribution in [1.82, 2.24) is 0 Å². The second-order valence-corrected chi connectivity index (χ2v) is 14.5. The molecule has 0 aliphatic carbocycles. The third-order valence-electron chi connectivity index (χ3n) is 10.1. The Morgan fingerprint density at radius 3 is 0.953 bits per heavy atom. The van der Waals surface area contributed by atoms with Gasteiger partial charge in [0.1, 0.15) is 0 Å². The highest BCUT2D eigenvalue weighted by Gasteiger charge is 2.14. The van der Waals surface area contributed by atoms with Gasteiger partial charge in [0, 0.05) is 0 Å². The lowest BCUT2D eigenvalue weighted by Crippen LogP contribution is -2.06. The summed E-state index contributed by atoms with van der Waals surface area (Å²) in [6.07, 6.45) is 54.9. The molecule has 0 saturated heterocycles. The molecule has 0 spiro atoms. The molecule has 0 rings (SSSR count). The largest absolute Gasteiger partial charge is 0.0851 e. The number of hydrogen-bond acceptors (Lipinski definition) is 0. The topological polar surface area (TPSA) is 0 Å². The predicted molar refractivity (Wildman–Crippen MR) is 200 cm³/mol. The number of unbranched alkanes of at least 4 members (excludes halogenated alkanes) is 29. The fourth-order valence-corrected chi connectivity index (χ4v) is 7.07. The van der Waals surface area contributed by atoms with Crippen LogP contribution in [0.4, 0.5) is 0 Å². The molecular formula is C43H86. The Balaban J connectivity index is 4.86. The number of hydrogen-bond donors (Lipinski definition) is 0. The fourth-order valence-electron chi connectivity index (χ4n) is 7.07. The maximum absolute atomic E-state index is 2.79. The molecule has 0 amide bonds. The van der Waals surface area contributed by atoms with Gasteiger partial charge in [-0.2, -0.15) is 0 Å². The molecule has 0 bridgehead atoms. The van der Waals surface area contributed by atoms with Crippen LogP contribution < -0.4 is 0 Å². The summed E-state index contributed by atoms with van der Waals surface area (Å²) in [5.74, 6) is 0.888. The lowest BCUT2D eigenvalue weighted by molar-refractivity contribution is 0.432. The van der Waals surface area contributed by atoms with Crippen LogP contribution in [0.5, 0.6) is 0 Å². The Labute approximate surface area is 275 Å². The van der Waals surface area contributed by atoms with Crippen molar-refractivity contribution in [2.45, 2.75) is 259 Å². The minimum absolute atomic E-state index is 0.888. The summed E-state index contributed by atoms with van der Waals surface area (Å²) in [4.78, 5) is 0. The molecule has 0 nitrogen and oxygen atoms in total. The predicted octanol–water partition coefficient (Wildman–Crippen LogP) is 16.7. The van der Waals surface area contributed by atoms with Crippen LogP contribution in [0.2, 0.25) is 0 Å². The van der Waals surface area contributed by atoms with Crippen molar-refractivity contribution >= 4 is 0 Å². The van der Waals surface area contributed by atoms with Gasteiger partial charge in [-0.05, 0) is 44.4 Å². The molecule has 0 aromatic carbocycles. The summed E-state index contributed by atoms with van der Waals surface area (Å²) in [6.45, 7) is 9.33. The molecule has 0 aliphatic heterocycles. The van der Waals surface area contributed by atoms with Crippen molar-refractivity contribution in [2.24, 2.45) is 5.92 Å². The van der Waals surface area contributed by atoms with Gasteiger partial charge >= 0.3 is 0 Å². The van der Waals surface area contributed by atoms with Gasteiger partial charge in [0.15, 0.2) is 0 Å². The zero-order chi connectivity index (χ0) is 31.3. The summed E-state index contributed by atoms with van der Waals surface area (Å²) in [7, 11) is 0. The Hall–Kier alpha value is -0.260. The Bertz CT molecular complexity index is 496. The van der Waals surface area contributed by atoms with E-state index < -0.39 is 0 Å². The zero-order valence-electron chi connectivity index (χ0n) is 31.1. The summed E-state index contributed by atoms with van der Waals surface area (Å²) in [5, 5.41) is 0. The highest BCUT2D eigenvalue weighted by molar-refractivity contribution is 5.07. The maximum atomic E-state index is 2.79. The molecule has 0 saturated carbocycles. The summed E-state index contributed by atoms with van der Waals surface area (Å²) >= 11 is 0. The van der Waals surface area contributed by atoms with Crippen molar-refractivity contribution in [2.75, 3.05) is 0 Å². The molecule has 0 aromatic rings. The molecule has 258 valence electrons. The van der Waals surface area contributed by atoms with Crippen LogP contribution in [-0.4, -0.2) is 0 Å². The highest BCUT2D eigenvalue weighted by Crippen LogP contribution is 2.30. The molecule has 0 radical (unpaired) electrons.